The Labute approximate surface area is 132 Å². The van der Waals surface area contributed by atoms with Crippen LogP contribution in [0.2, 0.25) is 0 Å². The summed E-state index contributed by atoms with van der Waals surface area (Å²) in [4.78, 5) is 3.54. The van der Waals surface area contributed by atoms with Crippen molar-refractivity contribution in [3.8, 4) is 0 Å². The predicted molar refractivity (Wildman–Crippen MR) is 82.6 cm³/mol. The van der Waals surface area contributed by atoms with E-state index in [4.69, 9.17) is 18.0 Å². The number of thiocarbonyl (C=S) groups is 1. The molecule has 0 unspecified atom stereocenters. The molecular formula is C13H9BrF3N3S. The molecule has 21 heavy (non-hydrogen) atoms. The number of alkyl halides is 3. The summed E-state index contributed by atoms with van der Waals surface area (Å²) in [6, 6.07) is 8.93. The number of hydrogen-bond donors (Lipinski definition) is 2. The van der Waals surface area contributed by atoms with Gasteiger partial charge in [0.25, 0.3) is 0 Å². The molecule has 0 fully saturated rings. The van der Waals surface area contributed by atoms with Gasteiger partial charge in [0.05, 0.1) is 5.56 Å². The minimum Gasteiger partial charge on any atom is -0.389 e. The predicted octanol–water partition coefficient (Wildman–Crippen LogP) is 4.24. The standard InChI is InChI=1S/C13H9BrF3N3S/c14-7-1-3-8(4-2-7)19-12-9(11(18)21)5-6-10(20-12)13(15,16)17/h1-6H,(H2,18,21)(H,19,20). The molecule has 0 radical (unpaired) electrons. The summed E-state index contributed by atoms with van der Waals surface area (Å²) in [6.45, 7) is 0. The minimum absolute atomic E-state index is 0.0281. The van der Waals surface area contributed by atoms with E-state index in [1.165, 1.54) is 6.07 Å². The fourth-order valence-electron chi connectivity index (χ4n) is 1.58. The van der Waals surface area contributed by atoms with Crippen molar-refractivity contribution in [2.45, 2.75) is 6.18 Å². The van der Waals surface area contributed by atoms with Crippen LogP contribution in [0.1, 0.15) is 11.3 Å². The normalized spacial score (nSPS) is 11.2. The van der Waals surface area contributed by atoms with Gasteiger partial charge in [-0.25, -0.2) is 4.98 Å². The Hall–Kier alpha value is -1.67. The van der Waals surface area contributed by atoms with Gasteiger partial charge in [-0.15, -0.1) is 0 Å². The second-order valence-corrected chi connectivity index (χ2v) is 5.44. The SMILES string of the molecule is NC(=S)c1ccc(C(F)(F)F)nc1Nc1ccc(Br)cc1. The van der Waals surface area contributed by atoms with Crippen LogP contribution in [0.25, 0.3) is 0 Å². The molecule has 110 valence electrons. The molecule has 0 saturated carbocycles. The van der Waals surface area contributed by atoms with Gasteiger partial charge in [-0.1, -0.05) is 28.1 Å². The number of halogens is 4. The molecule has 8 heteroatoms. The fourth-order valence-corrected chi connectivity index (χ4v) is 2.01. The molecule has 0 saturated heterocycles. The van der Waals surface area contributed by atoms with E-state index in [1.807, 2.05) is 0 Å². The van der Waals surface area contributed by atoms with Crippen LogP contribution >= 0.6 is 28.1 Å². The Balaban J connectivity index is 2.43. The van der Waals surface area contributed by atoms with Crippen LogP contribution in [-0.2, 0) is 6.18 Å². The van der Waals surface area contributed by atoms with Crippen molar-refractivity contribution in [1.29, 1.82) is 0 Å². The van der Waals surface area contributed by atoms with Crippen LogP contribution < -0.4 is 11.1 Å². The first-order chi connectivity index (χ1) is 9.77. The summed E-state index contributed by atoms with van der Waals surface area (Å²) in [6.07, 6.45) is -4.54. The third kappa shape index (κ3) is 3.92. The Morgan fingerprint density at radius 2 is 1.76 bits per heavy atom. The summed E-state index contributed by atoms with van der Waals surface area (Å²) in [5, 5.41) is 2.79. The minimum atomic E-state index is -4.54. The topological polar surface area (TPSA) is 50.9 Å². The number of rotatable bonds is 3. The highest BCUT2D eigenvalue weighted by atomic mass is 79.9. The van der Waals surface area contributed by atoms with Crippen molar-refractivity contribution in [2.24, 2.45) is 5.73 Å². The van der Waals surface area contributed by atoms with Crippen molar-refractivity contribution >= 4 is 44.6 Å². The van der Waals surface area contributed by atoms with Gasteiger partial charge in [0.15, 0.2) is 0 Å². The first-order valence-electron chi connectivity index (χ1n) is 5.68. The highest BCUT2D eigenvalue weighted by Gasteiger charge is 2.33. The van der Waals surface area contributed by atoms with Crippen LogP contribution in [0.5, 0.6) is 0 Å². The number of nitrogens with one attached hydrogen (secondary N) is 1. The molecular weight excluding hydrogens is 367 g/mol. The highest BCUT2D eigenvalue weighted by molar-refractivity contribution is 9.10. The average Bonchev–Trinajstić information content (AvgIpc) is 2.40. The zero-order chi connectivity index (χ0) is 15.6. The van der Waals surface area contributed by atoms with Crippen LogP contribution in [0.3, 0.4) is 0 Å². The molecule has 0 aliphatic heterocycles. The highest BCUT2D eigenvalue weighted by Crippen LogP contribution is 2.30. The van der Waals surface area contributed by atoms with E-state index in [0.29, 0.717) is 5.69 Å². The monoisotopic (exact) mass is 375 g/mol. The molecule has 1 aromatic carbocycles. The lowest BCUT2D eigenvalue weighted by Crippen LogP contribution is -2.16. The maximum atomic E-state index is 12.7. The molecule has 0 spiro atoms. The molecule has 3 nitrogen and oxygen atoms in total. The van der Waals surface area contributed by atoms with E-state index in [9.17, 15) is 13.2 Å². The van der Waals surface area contributed by atoms with Crippen molar-refractivity contribution in [1.82, 2.24) is 4.98 Å². The lowest BCUT2D eigenvalue weighted by atomic mass is 10.2. The van der Waals surface area contributed by atoms with Crippen molar-refractivity contribution < 1.29 is 13.2 Å². The molecule has 3 N–H and O–H groups in total. The molecule has 0 aliphatic rings. The summed E-state index contributed by atoms with van der Waals surface area (Å²) in [7, 11) is 0. The van der Waals surface area contributed by atoms with E-state index < -0.39 is 11.9 Å². The first kappa shape index (κ1) is 15.7. The second kappa shape index (κ2) is 5.98. The van der Waals surface area contributed by atoms with Gasteiger partial charge in [0.1, 0.15) is 16.5 Å². The first-order valence-corrected chi connectivity index (χ1v) is 6.88. The zero-order valence-corrected chi connectivity index (χ0v) is 12.8. The largest absolute Gasteiger partial charge is 0.433 e. The van der Waals surface area contributed by atoms with Gasteiger partial charge in [-0.05, 0) is 36.4 Å². The van der Waals surface area contributed by atoms with Gasteiger partial charge in [0, 0.05) is 10.2 Å². The maximum Gasteiger partial charge on any atom is 0.433 e. The molecule has 0 amide bonds. The van der Waals surface area contributed by atoms with E-state index in [2.05, 4.69) is 26.2 Å². The van der Waals surface area contributed by atoms with Crippen molar-refractivity contribution in [2.75, 3.05) is 5.32 Å². The average molecular weight is 376 g/mol. The van der Waals surface area contributed by atoms with Crippen LogP contribution in [-0.4, -0.2) is 9.97 Å². The molecule has 1 aromatic heterocycles. The van der Waals surface area contributed by atoms with E-state index in [0.717, 1.165) is 10.5 Å². The molecule has 0 bridgehead atoms. The summed E-state index contributed by atoms with van der Waals surface area (Å²) in [5.41, 5.74) is 5.32. The van der Waals surface area contributed by atoms with Crippen molar-refractivity contribution in [3.63, 3.8) is 0 Å². The van der Waals surface area contributed by atoms with Crippen LogP contribution in [0.4, 0.5) is 24.7 Å². The van der Waals surface area contributed by atoms with Crippen molar-refractivity contribution in [3.05, 3.63) is 52.1 Å². The van der Waals surface area contributed by atoms with Gasteiger partial charge in [-0.2, -0.15) is 13.2 Å². The number of anilines is 2. The Morgan fingerprint density at radius 3 is 2.29 bits per heavy atom. The Kier molecular flexibility index (Phi) is 4.48. The molecule has 0 aliphatic carbocycles. The second-order valence-electron chi connectivity index (χ2n) is 4.09. The van der Waals surface area contributed by atoms with Crippen LogP contribution in [0.15, 0.2) is 40.9 Å². The lowest BCUT2D eigenvalue weighted by Gasteiger charge is -2.13. The van der Waals surface area contributed by atoms with Gasteiger partial charge in [0.2, 0.25) is 0 Å². The van der Waals surface area contributed by atoms with Gasteiger partial charge in [-0.3, -0.25) is 0 Å². The molecule has 2 rings (SSSR count). The van der Waals surface area contributed by atoms with Crippen LogP contribution in [0, 0.1) is 0 Å². The number of nitrogens with two attached hydrogens (primary N) is 1. The number of benzene rings is 1. The molecule has 0 atom stereocenters. The molecule has 2 aromatic rings. The quantitative estimate of drug-likeness (QED) is 0.787. The van der Waals surface area contributed by atoms with E-state index >= 15 is 0 Å². The van der Waals surface area contributed by atoms with E-state index in [1.54, 1.807) is 24.3 Å². The zero-order valence-electron chi connectivity index (χ0n) is 10.4. The van der Waals surface area contributed by atoms with E-state index in [-0.39, 0.29) is 16.4 Å². The summed E-state index contributed by atoms with van der Waals surface area (Å²) >= 11 is 8.11. The number of hydrogen-bond acceptors (Lipinski definition) is 3. The third-order valence-electron chi connectivity index (χ3n) is 2.56. The smallest absolute Gasteiger partial charge is 0.389 e. The fraction of sp³-hybridized carbons (Fsp3) is 0.0769. The number of aromatic nitrogens is 1. The lowest BCUT2D eigenvalue weighted by molar-refractivity contribution is -0.141. The third-order valence-corrected chi connectivity index (χ3v) is 3.31. The number of nitrogens with zero attached hydrogens (tertiary/aromatic N) is 1. The summed E-state index contributed by atoms with van der Waals surface area (Å²) < 4.78 is 39.0. The Morgan fingerprint density at radius 1 is 1.14 bits per heavy atom. The summed E-state index contributed by atoms with van der Waals surface area (Å²) in [5.74, 6) is -0.0281. The maximum absolute atomic E-state index is 12.7. The van der Waals surface area contributed by atoms with Gasteiger partial charge < -0.3 is 11.1 Å². The molecule has 1 heterocycles. The Bertz CT molecular complexity index is 671. The van der Waals surface area contributed by atoms with Gasteiger partial charge >= 0.3 is 6.18 Å². The number of pyridine rings is 1.